The molecule has 5 aromatic rings. The Morgan fingerprint density at radius 1 is 0.619 bits per heavy atom. The summed E-state index contributed by atoms with van der Waals surface area (Å²) in [6.45, 7) is 13.6. The molecule has 0 aromatic heterocycles. The van der Waals surface area contributed by atoms with E-state index in [4.69, 9.17) is 11.3 Å². The van der Waals surface area contributed by atoms with Crippen molar-refractivity contribution in [2.24, 2.45) is 0 Å². The van der Waals surface area contributed by atoms with Gasteiger partial charge in [0.1, 0.15) is 11.5 Å². The number of allylic oxidation sites excluding steroid dienone is 3. The third-order valence-corrected chi connectivity index (χ3v) is 12.7. The number of ether oxygens (including phenoxy) is 1. The fraction of sp³-hybridized carbons (Fsp3) is 0.0769. The minimum absolute atomic E-state index is 0.327. The Balaban J connectivity index is 1.54. The van der Waals surface area contributed by atoms with E-state index >= 15 is 0 Å². The Morgan fingerprint density at radius 2 is 1.07 bits per heavy atom. The van der Waals surface area contributed by atoms with Gasteiger partial charge in [0, 0.05) is 27.2 Å². The quantitative estimate of drug-likeness (QED) is 0.168. The van der Waals surface area contributed by atoms with Crippen LogP contribution in [0.15, 0.2) is 175 Å². The molecule has 0 bridgehead atoms. The van der Waals surface area contributed by atoms with Gasteiger partial charge in [-0.3, -0.25) is 0 Å². The van der Waals surface area contributed by atoms with E-state index in [9.17, 15) is 0 Å². The van der Waals surface area contributed by atoms with E-state index in [1.54, 1.807) is 0 Å². The number of hydrogen-bond donors (Lipinski definition) is 0. The molecule has 0 N–H and O–H groups in total. The second-order valence-electron chi connectivity index (χ2n) is 10.8. The summed E-state index contributed by atoms with van der Waals surface area (Å²) in [7, 11) is -1.79. The highest BCUT2D eigenvalue weighted by molar-refractivity contribution is 7.80. The van der Waals surface area contributed by atoms with Crippen molar-refractivity contribution in [1.29, 1.82) is 0 Å². The minimum atomic E-state index is -0.930. The molecule has 42 heavy (non-hydrogen) atoms. The molecule has 0 saturated heterocycles. The Labute approximate surface area is 252 Å². The van der Waals surface area contributed by atoms with E-state index < -0.39 is 15.8 Å². The van der Waals surface area contributed by atoms with Crippen molar-refractivity contribution in [3.05, 3.63) is 181 Å². The summed E-state index contributed by atoms with van der Waals surface area (Å²) < 4.78 is 7.15. The summed E-state index contributed by atoms with van der Waals surface area (Å²) in [6, 6.07) is 49.6. The van der Waals surface area contributed by atoms with Gasteiger partial charge in [-0.05, 0) is 37.1 Å². The molecule has 0 spiro atoms. The Hall–Kier alpha value is -4.02. The van der Waals surface area contributed by atoms with Crippen LogP contribution in [0.25, 0.3) is 0 Å². The first-order valence-electron chi connectivity index (χ1n) is 14.2. The Morgan fingerprint density at radius 3 is 1.52 bits per heavy atom. The third-order valence-electron chi connectivity index (χ3n) is 7.82. The highest BCUT2D eigenvalue weighted by atomic mass is 31.1. The largest absolute Gasteiger partial charge is 0.455 e. The molecule has 0 amide bonds. The second-order valence-corrected chi connectivity index (χ2v) is 15.2. The molecule has 0 atom stereocenters. The molecular weight excluding hydrogens is 546 g/mol. The molecule has 0 unspecified atom stereocenters. The molecule has 6 rings (SSSR count). The van der Waals surface area contributed by atoms with Crippen molar-refractivity contribution < 1.29 is 4.74 Å². The summed E-state index contributed by atoms with van der Waals surface area (Å²) >= 11 is 0. The van der Waals surface area contributed by atoms with Crippen LogP contribution in [-0.4, -0.2) is 0 Å². The maximum absolute atomic E-state index is 7.15. The summed E-state index contributed by atoms with van der Waals surface area (Å²) in [6.07, 6.45) is 1.97. The molecule has 1 heterocycles. The van der Waals surface area contributed by atoms with E-state index in [0.29, 0.717) is 0 Å². The number of fused-ring (bicyclic) bond motifs is 1. The lowest BCUT2D eigenvalue weighted by Gasteiger charge is -2.39. The number of benzene rings is 5. The summed E-state index contributed by atoms with van der Waals surface area (Å²) in [5, 5.41) is 7.29. The van der Waals surface area contributed by atoms with E-state index in [1.807, 2.05) is 6.08 Å². The number of rotatable bonds is 8. The van der Waals surface area contributed by atoms with Gasteiger partial charge in [-0.1, -0.05) is 173 Å². The van der Waals surface area contributed by atoms with Crippen molar-refractivity contribution >= 4 is 42.4 Å². The molecule has 1 aliphatic heterocycles. The van der Waals surface area contributed by atoms with Gasteiger partial charge in [0.15, 0.2) is 0 Å². The number of para-hydroxylation sites is 1. The van der Waals surface area contributed by atoms with Crippen LogP contribution in [0.1, 0.15) is 19.4 Å². The van der Waals surface area contributed by atoms with E-state index in [2.05, 4.69) is 160 Å². The smallest absolute Gasteiger partial charge is 0.139 e. The Bertz CT molecular complexity index is 1660. The lowest BCUT2D eigenvalue weighted by Crippen LogP contribution is -2.32. The standard InChI is InChI=1S/C39H34OP2/c1-5-34-37(29(2)41(30-19-10-6-11-20-30)31-21-12-7-13-22-31)40-38-35(39(34,3)4)27-18-28-36(38)42(32-23-14-8-15-24-32)33-25-16-9-17-26-33/h5-28H,1-2H2,3-4H3. The molecule has 1 nitrogen and oxygen atoms in total. The maximum atomic E-state index is 7.15. The minimum Gasteiger partial charge on any atom is -0.455 e. The van der Waals surface area contributed by atoms with Gasteiger partial charge in [0.25, 0.3) is 0 Å². The lowest BCUT2D eigenvalue weighted by molar-refractivity contribution is 0.389. The van der Waals surface area contributed by atoms with Crippen LogP contribution in [-0.2, 0) is 5.41 Å². The van der Waals surface area contributed by atoms with Crippen molar-refractivity contribution in [2.45, 2.75) is 19.3 Å². The fourth-order valence-corrected chi connectivity index (χ4v) is 10.4. The van der Waals surface area contributed by atoms with Crippen molar-refractivity contribution in [3.63, 3.8) is 0 Å². The van der Waals surface area contributed by atoms with Gasteiger partial charge in [0.05, 0.1) is 0 Å². The Kier molecular flexibility index (Phi) is 8.08. The van der Waals surface area contributed by atoms with E-state index in [1.165, 1.54) is 32.1 Å². The molecule has 1 aliphatic rings. The first-order valence-corrected chi connectivity index (χ1v) is 16.9. The van der Waals surface area contributed by atoms with Crippen LogP contribution in [0.3, 0.4) is 0 Å². The van der Waals surface area contributed by atoms with Gasteiger partial charge in [-0.25, -0.2) is 0 Å². The maximum Gasteiger partial charge on any atom is 0.139 e. The second kappa shape index (κ2) is 12.1. The van der Waals surface area contributed by atoms with Crippen LogP contribution in [0, 0.1) is 0 Å². The fourth-order valence-electron chi connectivity index (χ4n) is 5.75. The predicted octanol–water partition coefficient (Wildman–Crippen LogP) is 8.20. The van der Waals surface area contributed by atoms with Gasteiger partial charge in [-0.15, -0.1) is 0 Å². The van der Waals surface area contributed by atoms with Crippen molar-refractivity contribution in [3.8, 4) is 5.75 Å². The van der Waals surface area contributed by atoms with Gasteiger partial charge < -0.3 is 4.74 Å². The monoisotopic (exact) mass is 580 g/mol. The zero-order chi connectivity index (χ0) is 29.1. The van der Waals surface area contributed by atoms with E-state index in [0.717, 1.165) is 22.4 Å². The topological polar surface area (TPSA) is 9.23 Å². The molecule has 0 aliphatic carbocycles. The zero-order valence-electron chi connectivity index (χ0n) is 24.1. The SMILES string of the molecule is C=CC1=C(C(=C)P(c2ccccc2)c2ccccc2)Oc2c(P(c3ccccc3)c3ccccc3)cccc2C1(C)C. The normalized spacial score (nSPS) is 13.9. The van der Waals surface area contributed by atoms with Crippen molar-refractivity contribution in [2.75, 3.05) is 0 Å². The molecule has 206 valence electrons. The predicted molar refractivity (Wildman–Crippen MR) is 184 cm³/mol. The van der Waals surface area contributed by atoms with Gasteiger partial charge >= 0.3 is 0 Å². The highest BCUT2D eigenvalue weighted by Gasteiger charge is 2.39. The van der Waals surface area contributed by atoms with E-state index in [-0.39, 0.29) is 5.41 Å². The summed E-state index contributed by atoms with van der Waals surface area (Å²) in [4.78, 5) is 0. The molecule has 5 aromatic carbocycles. The summed E-state index contributed by atoms with van der Waals surface area (Å²) in [5.74, 6) is 1.78. The third kappa shape index (κ3) is 5.20. The average Bonchev–Trinajstić information content (AvgIpc) is 3.03. The highest BCUT2D eigenvalue weighted by Crippen LogP contribution is 2.53. The first-order chi connectivity index (χ1) is 20.5. The van der Waals surface area contributed by atoms with Gasteiger partial charge in [0.2, 0.25) is 0 Å². The number of hydrogen-bond acceptors (Lipinski definition) is 1. The average molecular weight is 581 g/mol. The lowest BCUT2D eigenvalue weighted by atomic mass is 9.75. The van der Waals surface area contributed by atoms with Crippen LogP contribution in [0.5, 0.6) is 5.75 Å². The first kappa shape index (κ1) is 28.1. The molecule has 0 saturated carbocycles. The molecule has 0 radical (unpaired) electrons. The van der Waals surface area contributed by atoms with Crippen LogP contribution in [0.2, 0.25) is 0 Å². The molecular formula is C39H34OP2. The molecule has 0 fully saturated rings. The summed E-state index contributed by atoms with van der Waals surface area (Å²) in [5.41, 5.74) is 1.92. The van der Waals surface area contributed by atoms with Crippen LogP contribution >= 0.6 is 15.8 Å². The molecule has 3 heteroatoms. The van der Waals surface area contributed by atoms with Crippen LogP contribution < -0.4 is 31.3 Å². The van der Waals surface area contributed by atoms with Gasteiger partial charge in [-0.2, -0.15) is 0 Å². The van der Waals surface area contributed by atoms with Crippen LogP contribution in [0.4, 0.5) is 0 Å². The zero-order valence-corrected chi connectivity index (χ0v) is 25.9. The van der Waals surface area contributed by atoms with Crippen molar-refractivity contribution in [1.82, 2.24) is 0 Å².